The van der Waals surface area contributed by atoms with Gasteiger partial charge in [-0.1, -0.05) is 55.5 Å². The van der Waals surface area contributed by atoms with E-state index in [4.69, 9.17) is 9.47 Å². The van der Waals surface area contributed by atoms with Crippen molar-refractivity contribution in [2.45, 2.75) is 45.3 Å². The van der Waals surface area contributed by atoms with Crippen molar-refractivity contribution in [3.05, 3.63) is 95.8 Å². The first kappa shape index (κ1) is 26.7. The summed E-state index contributed by atoms with van der Waals surface area (Å²) in [4.78, 5) is 28.4. The number of rotatable bonds is 12. The summed E-state index contributed by atoms with van der Waals surface area (Å²) in [6, 6.07) is 21.7. The Morgan fingerprint density at radius 2 is 1.58 bits per heavy atom. The number of carbonyl (C=O) groups excluding carboxylic acids is 2. The van der Waals surface area contributed by atoms with E-state index < -0.39 is 17.8 Å². The third kappa shape index (κ3) is 7.57. The Labute approximate surface area is 212 Å². The van der Waals surface area contributed by atoms with Gasteiger partial charge in [0, 0.05) is 24.6 Å². The number of carbonyl (C=O) groups is 2. The molecule has 3 aromatic carbocycles. The van der Waals surface area contributed by atoms with Gasteiger partial charge in [0.2, 0.25) is 5.91 Å². The third-order valence-corrected chi connectivity index (χ3v) is 5.99. The molecular formula is C29H33FN2O4. The van der Waals surface area contributed by atoms with Crippen LogP contribution in [-0.2, 0) is 22.6 Å². The maximum absolute atomic E-state index is 14.6. The van der Waals surface area contributed by atoms with Crippen LogP contribution < -0.4 is 14.8 Å². The van der Waals surface area contributed by atoms with Crippen LogP contribution in [0.2, 0.25) is 0 Å². The summed E-state index contributed by atoms with van der Waals surface area (Å²) in [6.07, 6.45) is 1.03. The monoisotopic (exact) mass is 492 g/mol. The Bertz CT molecular complexity index is 1120. The Hall–Kier alpha value is -3.87. The molecule has 0 aliphatic carbocycles. The van der Waals surface area contributed by atoms with Crippen molar-refractivity contribution in [2.24, 2.45) is 0 Å². The quantitative estimate of drug-likeness (QED) is 0.396. The zero-order chi connectivity index (χ0) is 25.9. The molecule has 0 radical (unpaired) electrons. The number of ether oxygens (including phenoxy) is 2. The number of hydrogen-bond acceptors (Lipinski definition) is 4. The molecule has 0 saturated carbocycles. The summed E-state index contributed by atoms with van der Waals surface area (Å²) in [7, 11) is 1.57. The van der Waals surface area contributed by atoms with Crippen molar-refractivity contribution in [2.75, 3.05) is 13.7 Å². The first-order valence-corrected chi connectivity index (χ1v) is 12.0. The van der Waals surface area contributed by atoms with Gasteiger partial charge in [0.25, 0.3) is 5.91 Å². The lowest BCUT2D eigenvalue weighted by molar-refractivity contribution is -0.143. The summed E-state index contributed by atoms with van der Waals surface area (Å²) in [6.45, 7) is 3.51. The van der Waals surface area contributed by atoms with Gasteiger partial charge in [-0.3, -0.25) is 9.59 Å². The number of halogens is 1. The van der Waals surface area contributed by atoms with E-state index in [2.05, 4.69) is 5.32 Å². The van der Waals surface area contributed by atoms with E-state index in [1.165, 1.54) is 11.0 Å². The summed E-state index contributed by atoms with van der Waals surface area (Å²) >= 11 is 0. The van der Waals surface area contributed by atoms with Crippen molar-refractivity contribution < 1.29 is 23.5 Å². The molecule has 2 atom stereocenters. The van der Waals surface area contributed by atoms with Crippen molar-refractivity contribution in [3.8, 4) is 11.5 Å². The Balaban J connectivity index is 1.90. The lowest BCUT2D eigenvalue weighted by Crippen LogP contribution is -2.53. The molecule has 6 nitrogen and oxygen atoms in total. The average Bonchev–Trinajstić information content (AvgIpc) is 2.91. The van der Waals surface area contributed by atoms with E-state index in [9.17, 15) is 14.0 Å². The number of benzene rings is 3. The molecule has 0 saturated heterocycles. The van der Waals surface area contributed by atoms with Crippen molar-refractivity contribution in [1.29, 1.82) is 0 Å². The molecule has 0 bridgehead atoms. The van der Waals surface area contributed by atoms with Gasteiger partial charge in [0.1, 0.15) is 23.4 Å². The van der Waals surface area contributed by atoms with Crippen LogP contribution in [0, 0.1) is 5.82 Å². The van der Waals surface area contributed by atoms with Gasteiger partial charge in [-0.15, -0.1) is 0 Å². The third-order valence-electron chi connectivity index (χ3n) is 5.99. The molecule has 0 unspecified atom stereocenters. The van der Waals surface area contributed by atoms with Crippen LogP contribution in [0.4, 0.5) is 4.39 Å². The maximum atomic E-state index is 14.6. The van der Waals surface area contributed by atoms with E-state index >= 15 is 0 Å². The summed E-state index contributed by atoms with van der Waals surface area (Å²) in [5.74, 6) is 0.00182. The highest BCUT2D eigenvalue weighted by Gasteiger charge is 2.31. The second-order valence-corrected chi connectivity index (χ2v) is 8.60. The fourth-order valence-electron chi connectivity index (χ4n) is 3.71. The molecule has 0 fully saturated rings. The van der Waals surface area contributed by atoms with Crippen LogP contribution in [0.5, 0.6) is 11.5 Å². The number of nitrogens with one attached hydrogen (secondary N) is 1. The normalized spacial score (nSPS) is 12.3. The molecule has 0 heterocycles. The predicted octanol–water partition coefficient (Wildman–Crippen LogP) is 4.77. The van der Waals surface area contributed by atoms with Gasteiger partial charge in [0.05, 0.1) is 7.11 Å². The lowest BCUT2D eigenvalue weighted by Gasteiger charge is -2.32. The van der Waals surface area contributed by atoms with E-state index in [1.54, 1.807) is 49.6 Å². The minimum atomic E-state index is -0.854. The Kier molecular flexibility index (Phi) is 9.86. The van der Waals surface area contributed by atoms with E-state index in [0.29, 0.717) is 17.1 Å². The fraction of sp³-hybridized carbons (Fsp3) is 0.310. The van der Waals surface area contributed by atoms with E-state index in [0.717, 1.165) is 12.0 Å². The van der Waals surface area contributed by atoms with Crippen LogP contribution in [0.1, 0.15) is 31.4 Å². The highest BCUT2D eigenvalue weighted by Crippen LogP contribution is 2.20. The molecule has 3 rings (SSSR count). The molecule has 0 spiro atoms. The molecule has 7 heteroatoms. The minimum Gasteiger partial charge on any atom is -0.497 e. The minimum absolute atomic E-state index is 0.0666. The van der Waals surface area contributed by atoms with E-state index in [1.807, 2.05) is 44.2 Å². The second-order valence-electron chi connectivity index (χ2n) is 8.60. The summed E-state index contributed by atoms with van der Waals surface area (Å²) in [5.41, 5.74) is 1.22. The highest BCUT2D eigenvalue weighted by atomic mass is 19.1. The number of hydrogen-bond donors (Lipinski definition) is 1. The second kappa shape index (κ2) is 13.3. The van der Waals surface area contributed by atoms with Crippen LogP contribution in [0.15, 0.2) is 78.9 Å². The molecule has 190 valence electrons. The molecule has 0 aromatic heterocycles. The van der Waals surface area contributed by atoms with Crippen molar-refractivity contribution >= 4 is 11.8 Å². The van der Waals surface area contributed by atoms with Gasteiger partial charge in [-0.05, 0) is 49.2 Å². The number of nitrogens with zero attached hydrogens (tertiary/aromatic N) is 1. The maximum Gasteiger partial charge on any atom is 0.261 e. The lowest BCUT2D eigenvalue weighted by atomic mass is 10.0. The predicted molar refractivity (Wildman–Crippen MR) is 137 cm³/mol. The first-order valence-electron chi connectivity index (χ1n) is 12.0. The molecule has 0 aliphatic heterocycles. The molecule has 3 aromatic rings. The van der Waals surface area contributed by atoms with E-state index in [-0.39, 0.29) is 31.5 Å². The van der Waals surface area contributed by atoms with Gasteiger partial charge in [0.15, 0.2) is 6.61 Å². The summed E-state index contributed by atoms with van der Waals surface area (Å²) in [5, 5.41) is 2.99. The first-order chi connectivity index (χ1) is 17.4. The molecule has 0 aliphatic rings. The van der Waals surface area contributed by atoms with Crippen LogP contribution >= 0.6 is 0 Å². The molecule has 36 heavy (non-hydrogen) atoms. The zero-order valence-corrected chi connectivity index (χ0v) is 20.9. The van der Waals surface area contributed by atoms with Gasteiger partial charge in [-0.2, -0.15) is 0 Å². The van der Waals surface area contributed by atoms with Crippen molar-refractivity contribution in [1.82, 2.24) is 10.2 Å². The smallest absolute Gasteiger partial charge is 0.261 e. The van der Waals surface area contributed by atoms with Gasteiger partial charge >= 0.3 is 0 Å². The molecule has 1 N–H and O–H groups in total. The Morgan fingerprint density at radius 3 is 2.22 bits per heavy atom. The average molecular weight is 493 g/mol. The molecule has 2 amide bonds. The molecular weight excluding hydrogens is 459 g/mol. The highest BCUT2D eigenvalue weighted by molar-refractivity contribution is 5.88. The van der Waals surface area contributed by atoms with Crippen LogP contribution in [-0.4, -0.2) is 42.5 Å². The number of methoxy groups -OCH3 is 1. The largest absolute Gasteiger partial charge is 0.497 e. The van der Waals surface area contributed by atoms with Gasteiger partial charge < -0.3 is 19.7 Å². The fourth-order valence-corrected chi connectivity index (χ4v) is 3.71. The number of amides is 2. The SMILES string of the molecule is CC[C@H](C)NC(=O)[C@@H](Cc1ccccc1)N(Cc1ccccc1F)C(=O)COc1ccc(OC)cc1. The van der Waals surface area contributed by atoms with Crippen LogP contribution in [0.25, 0.3) is 0 Å². The van der Waals surface area contributed by atoms with Gasteiger partial charge in [-0.25, -0.2) is 4.39 Å². The topological polar surface area (TPSA) is 67.9 Å². The zero-order valence-electron chi connectivity index (χ0n) is 20.9. The summed E-state index contributed by atoms with van der Waals surface area (Å²) < 4.78 is 25.5. The van der Waals surface area contributed by atoms with Crippen molar-refractivity contribution in [3.63, 3.8) is 0 Å². The van der Waals surface area contributed by atoms with Crippen LogP contribution in [0.3, 0.4) is 0 Å². The Morgan fingerprint density at radius 1 is 0.944 bits per heavy atom. The standard InChI is InChI=1S/C29H33FN2O4/c1-4-21(2)31-29(34)27(18-22-10-6-5-7-11-22)32(19-23-12-8-9-13-26(23)30)28(33)20-36-25-16-14-24(35-3)15-17-25/h5-17,21,27H,4,18-20H2,1-3H3,(H,31,34)/t21-,27+/m0/s1.